The number of aliphatic imine (C=N–C) groups is 1. The standard InChI is InChI=1S/C14H22N4.HI/c1-2-8-15-13-6-4-12(5-7-13)11-18-14-16-9-3-10-17-14;/h4-7,15H,2-3,8-11H2,1H3,(H2,16,17,18);1H. The Hall–Kier alpha value is -0.980. The summed E-state index contributed by atoms with van der Waals surface area (Å²) in [5, 5.41) is 9.94. The molecule has 0 aliphatic carbocycles. The van der Waals surface area contributed by atoms with Crippen LogP contribution in [0.3, 0.4) is 0 Å². The third-order valence-corrected chi connectivity index (χ3v) is 2.89. The van der Waals surface area contributed by atoms with E-state index in [1.54, 1.807) is 0 Å². The Bertz CT molecular complexity index is 389. The minimum absolute atomic E-state index is 0. The van der Waals surface area contributed by atoms with E-state index < -0.39 is 0 Å². The molecule has 5 heteroatoms. The van der Waals surface area contributed by atoms with Crippen molar-refractivity contribution in [3.63, 3.8) is 0 Å². The van der Waals surface area contributed by atoms with Crippen LogP contribution in [-0.4, -0.2) is 25.6 Å². The fraction of sp³-hybridized carbons (Fsp3) is 0.500. The first kappa shape index (κ1) is 16.1. The third kappa shape index (κ3) is 5.67. The summed E-state index contributed by atoms with van der Waals surface area (Å²) in [5.41, 5.74) is 2.46. The maximum atomic E-state index is 4.38. The molecule has 0 spiro atoms. The van der Waals surface area contributed by atoms with Crippen LogP contribution in [0, 0.1) is 0 Å². The van der Waals surface area contributed by atoms with Gasteiger partial charge in [-0.2, -0.15) is 0 Å². The number of guanidine groups is 1. The van der Waals surface area contributed by atoms with Crippen molar-refractivity contribution in [2.75, 3.05) is 25.0 Å². The van der Waals surface area contributed by atoms with Gasteiger partial charge in [-0.3, -0.25) is 4.99 Å². The lowest BCUT2D eigenvalue weighted by atomic mass is 10.2. The van der Waals surface area contributed by atoms with Crippen molar-refractivity contribution in [1.29, 1.82) is 0 Å². The predicted octanol–water partition coefficient (Wildman–Crippen LogP) is 2.57. The summed E-state index contributed by atoms with van der Waals surface area (Å²) in [5.74, 6) is 0.925. The molecule has 1 heterocycles. The molecule has 0 fully saturated rings. The van der Waals surface area contributed by atoms with Crippen LogP contribution in [0.25, 0.3) is 0 Å². The molecule has 19 heavy (non-hydrogen) atoms. The molecule has 0 saturated carbocycles. The number of hydrogen-bond donors (Lipinski definition) is 3. The molecule has 0 radical (unpaired) electrons. The summed E-state index contributed by atoms with van der Waals surface area (Å²) in [7, 11) is 0. The summed E-state index contributed by atoms with van der Waals surface area (Å²) in [4.78, 5) is 4.38. The van der Waals surface area contributed by atoms with Crippen molar-refractivity contribution in [2.45, 2.75) is 26.3 Å². The summed E-state index contributed by atoms with van der Waals surface area (Å²) in [6.07, 6.45) is 2.28. The molecule has 1 aliphatic rings. The van der Waals surface area contributed by atoms with E-state index in [4.69, 9.17) is 0 Å². The zero-order chi connectivity index (χ0) is 12.6. The van der Waals surface area contributed by atoms with Gasteiger partial charge >= 0.3 is 0 Å². The van der Waals surface area contributed by atoms with Crippen LogP contribution in [0.2, 0.25) is 0 Å². The SMILES string of the molecule is CCCNc1ccc(CNC2=NCCCN2)cc1.I. The zero-order valence-corrected chi connectivity index (χ0v) is 13.7. The first-order valence-electron chi connectivity index (χ1n) is 6.73. The number of benzene rings is 1. The van der Waals surface area contributed by atoms with Crippen LogP contribution in [0.15, 0.2) is 29.3 Å². The highest BCUT2D eigenvalue weighted by Gasteiger charge is 2.02. The topological polar surface area (TPSA) is 48.5 Å². The molecule has 0 unspecified atom stereocenters. The fourth-order valence-electron chi connectivity index (χ4n) is 1.85. The van der Waals surface area contributed by atoms with Crippen molar-refractivity contribution in [3.05, 3.63) is 29.8 Å². The lowest BCUT2D eigenvalue weighted by molar-refractivity contribution is 0.702. The van der Waals surface area contributed by atoms with E-state index in [0.717, 1.165) is 45.0 Å². The Morgan fingerprint density at radius 3 is 2.63 bits per heavy atom. The van der Waals surface area contributed by atoms with Crippen molar-refractivity contribution in [1.82, 2.24) is 10.6 Å². The van der Waals surface area contributed by atoms with Crippen LogP contribution in [0.5, 0.6) is 0 Å². The van der Waals surface area contributed by atoms with Gasteiger partial charge in [-0.25, -0.2) is 0 Å². The molecule has 1 aromatic rings. The number of nitrogens with zero attached hydrogens (tertiary/aromatic N) is 1. The molecule has 0 amide bonds. The van der Waals surface area contributed by atoms with Gasteiger partial charge in [-0.05, 0) is 30.5 Å². The Morgan fingerprint density at radius 2 is 2.00 bits per heavy atom. The van der Waals surface area contributed by atoms with E-state index in [0.29, 0.717) is 0 Å². The molecule has 0 bridgehead atoms. The van der Waals surface area contributed by atoms with Gasteiger partial charge in [0.15, 0.2) is 5.96 Å². The molecule has 3 N–H and O–H groups in total. The minimum atomic E-state index is 0. The van der Waals surface area contributed by atoms with E-state index in [1.165, 1.54) is 11.3 Å². The van der Waals surface area contributed by atoms with Crippen molar-refractivity contribution in [2.24, 2.45) is 4.99 Å². The van der Waals surface area contributed by atoms with E-state index in [2.05, 4.69) is 52.1 Å². The molecule has 0 saturated heterocycles. The Kier molecular flexibility index (Phi) is 7.62. The molecule has 4 nitrogen and oxygen atoms in total. The van der Waals surface area contributed by atoms with Gasteiger partial charge in [0.25, 0.3) is 0 Å². The first-order valence-corrected chi connectivity index (χ1v) is 6.73. The molecule has 1 aliphatic heterocycles. The smallest absolute Gasteiger partial charge is 0.191 e. The lowest BCUT2D eigenvalue weighted by Crippen LogP contribution is -2.40. The highest BCUT2D eigenvalue weighted by atomic mass is 127. The maximum Gasteiger partial charge on any atom is 0.191 e. The molecule has 1 aromatic carbocycles. The van der Waals surface area contributed by atoms with Gasteiger partial charge < -0.3 is 16.0 Å². The zero-order valence-electron chi connectivity index (χ0n) is 11.4. The van der Waals surface area contributed by atoms with Crippen LogP contribution >= 0.6 is 24.0 Å². The highest BCUT2D eigenvalue weighted by Crippen LogP contribution is 2.09. The number of anilines is 1. The number of halogens is 1. The highest BCUT2D eigenvalue weighted by molar-refractivity contribution is 14.0. The van der Waals surface area contributed by atoms with E-state index >= 15 is 0 Å². The molecular weight excluding hydrogens is 351 g/mol. The van der Waals surface area contributed by atoms with Gasteiger partial charge in [0.1, 0.15) is 0 Å². The Balaban J connectivity index is 0.00000180. The molecular formula is C14H23IN4. The van der Waals surface area contributed by atoms with Crippen molar-refractivity contribution in [3.8, 4) is 0 Å². The largest absolute Gasteiger partial charge is 0.385 e. The average molecular weight is 374 g/mol. The first-order chi connectivity index (χ1) is 8.88. The molecule has 2 rings (SSSR count). The van der Waals surface area contributed by atoms with Gasteiger partial charge in [-0.15, -0.1) is 24.0 Å². The Labute approximate surface area is 132 Å². The van der Waals surface area contributed by atoms with Crippen LogP contribution < -0.4 is 16.0 Å². The summed E-state index contributed by atoms with van der Waals surface area (Å²) >= 11 is 0. The van der Waals surface area contributed by atoms with E-state index in [9.17, 15) is 0 Å². The number of rotatable bonds is 5. The quantitative estimate of drug-likeness (QED) is 0.695. The lowest BCUT2D eigenvalue weighted by Gasteiger charge is -2.16. The van der Waals surface area contributed by atoms with Crippen molar-refractivity contribution >= 4 is 35.6 Å². The monoisotopic (exact) mass is 374 g/mol. The van der Waals surface area contributed by atoms with Gasteiger partial charge in [-0.1, -0.05) is 19.1 Å². The summed E-state index contributed by atoms with van der Waals surface area (Å²) in [6, 6.07) is 8.55. The second-order valence-corrected chi connectivity index (χ2v) is 4.49. The van der Waals surface area contributed by atoms with E-state index in [-0.39, 0.29) is 24.0 Å². The van der Waals surface area contributed by atoms with Gasteiger partial charge in [0, 0.05) is 31.9 Å². The predicted molar refractivity (Wildman–Crippen MR) is 92.4 cm³/mol. The second kappa shape index (κ2) is 9.01. The minimum Gasteiger partial charge on any atom is -0.385 e. The fourth-order valence-corrected chi connectivity index (χ4v) is 1.85. The van der Waals surface area contributed by atoms with Crippen molar-refractivity contribution < 1.29 is 0 Å². The Morgan fingerprint density at radius 1 is 1.21 bits per heavy atom. The average Bonchev–Trinajstić information content (AvgIpc) is 2.45. The second-order valence-electron chi connectivity index (χ2n) is 4.49. The van der Waals surface area contributed by atoms with Gasteiger partial charge in [0.2, 0.25) is 0 Å². The maximum absolute atomic E-state index is 4.38. The molecule has 0 aromatic heterocycles. The van der Waals surface area contributed by atoms with E-state index in [1.807, 2.05) is 0 Å². The molecule has 106 valence electrons. The normalized spacial score (nSPS) is 13.8. The van der Waals surface area contributed by atoms with Crippen LogP contribution in [0.1, 0.15) is 25.3 Å². The van der Waals surface area contributed by atoms with Gasteiger partial charge in [0.05, 0.1) is 0 Å². The summed E-state index contributed by atoms with van der Waals surface area (Å²) < 4.78 is 0. The number of nitrogens with one attached hydrogen (secondary N) is 3. The van der Waals surface area contributed by atoms with Crippen LogP contribution in [0.4, 0.5) is 5.69 Å². The number of hydrogen-bond acceptors (Lipinski definition) is 4. The summed E-state index contributed by atoms with van der Waals surface area (Å²) in [6.45, 7) is 5.96. The third-order valence-electron chi connectivity index (χ3n) is 2.89. The molecule has 0 atom stereocenters. The van der Waals surface area contributed by atoms with Crippen LogP contribution in [-0.2, 0) is 6.54 Å².